The number of aliphatic hydroxyl groups is 1. The molecule has 0 saturated carbocycles. The van der Waals surface area contributed by atoms with Crippen molar-refractivity contribution in [2.24, 2.45) is 0 Å². The minimum atomic E-state index is -3.82. The Labute approximate surface area is 143 Å². The highest BCUT2D eigenvalue weighted by atomic mass is 32.2. The van der Waals surface area contributed by atoms with Crippen molar-refractivity contribution in [1.29, 1.82) is 0 Å². The molecule has 0 rings (SSSR count). The van der Waals surface area contributed by atoms with Crippen molar-refractivity contribution in [3.8, 4) is 0 Å². The van der Waals surface area contributed by atoms with E-state index in [4.69, 9.17) is 4.55 Å². The molecule has 0 aromatic heterocycles. The Morgan fingerprint density at radius 3 is 1.52 bits per heavy atom. The fourth-order valence-electron chi connectivity index (χ4n) is 2.85. The standard InChI is InChI=1S/C18H38O4S/c1-2-3-4-5-6-7-8-9-10-12-15-18(19)16-13-11-14-17-23(20,21)22/h18-19H,2-17H2,1H3,(H,20,21,22). The quantitative estimate of drug-likeness (QED) is 0.282. The Bertz CT molecular complexity index is 341. The van der Waals surface area contributed by atoms with Crippen molar-refractivity contribution in [3.05, 3.63) is 0 Å². The van der Waals surface area contributed by atoms with Crippen LogP contribution < -0.4 is 0 Å². The molecule has 140 valence electrons. The monoisotopic (exact) mass is 350 g/mol. The first-order valence-corrected chi connectivity index (χ1v) is 11.2. The summed E-state index contributed by atoms with van der Waals surface area (Å²) in [5.41, 5.74) is 0. The third-order valence-electron chi connectivity index (χ3n) is 4.33. The van der Waals surface area contributed by atoms with Gasteiger partial charge in [0.15, 0.2) is 0 Å². The van der Waals surface area contributed by atoms with E-state index in [1.165, 1.54) is 57.8 Å². The maximum absolute atomic E-state index is 10.5. The average Bonchev–Trinajstić information content (AvgIpc) is 2.47. The van der Waals surface area contributed by atoms with Crippen molar-refractivity contribution in [3.63, 3.8) is 0 Å². The fraction of sp³-hybridized carbons (Fsp3) is 1.00. The summed E-state index contributed by atoms with van der Waals surface area (Å²) < 4.78 is 29.7. The summed E-state index contributed by atoms with van der Waals surface area (Å²) in [6, 6.07) is 0. The van der Waals surface area contributed by atoms with Crippen LogP contribution in [0, 0.1) is 0 Å². The average molecular weight is 351 g/mol. The van der Waals surface area contributed by atoms with Gasteiger partial charge in [0.05, 0.1) is 11.9 Å². The highest BCUT2D eigenvalue weighted by Gasteiger charge is 2.06. The van der Waals surface area contributed by atoms with E-state index in [0.29, 0.717) is 6.42 Å². The largest absolute Gasteiger partial charge is 0.393 e. The number of aliphatic hydroxyl groups excluding tert-OH is 1. The second-order valence-corrected chi connectivity index (χ2v) is 8.33. The van der Waals surface area contributed by atoms with E-state index >= 15 is 0 Å². The molecule has 0 aromatic rings. The summed E-state index contributed by atoms with van der Waals surface area (Å²) in [5.74, 6) is -0.165. The molecule has 4 nitrogen and oxygen atoms in total. The van der Waals surface area contributed by atoms with Crippen LogP contribution in [0.5, 0.6) is 0 Å². The predicted octanol–water partition coefficient (Wildman–Crippen LogP) is 5.11. The molecular weight excluding hydrogens is 312 g/mol. The molecular formula is C18H38O4S. The van der Waals surface area contributed by atoms with Gasteiger partial charge in [0.1, 0.15) is 0 Å². The van der Waals surface area contributed by atoms with Gasteiger partial charge in [-0.15, -0.1) is 0 Å². The normalized spacial score (nSPS) is 13.3. The van der Waals surface area contributed by atoms with Crippen molar-refractivity contribution in [2.45, 2.75) is 109 Å². The Morgan fingerprint density at radius 1 is 0.696 bits per heavy atom. The molecule has 0 fully saturated rings. The summed E-state index contributed by atoms with van der Waals surface area (Å²) in [5, 5.41) is 9.86. The van der Waals surface area contributed by atoms with E-state index in [1.807, 2.05) is 0 Å². The molecule has 0 aliphatic rings. The minimum Gasteiger partial charge on any atom is -0.393 e. The van der Waals surface area contributed by atoms with Crippen molar-refractivity contribution in [2.75, 3.05) is 5.75 Å². The summed E-state index contributed by atoms with van der Waals surface area (Å²) in [6.45, 7) is 2.24. The van der Waals surface area contributed by atoms with Crippen molar-refractivity contribution in [1.82, 2.24) is 0 Å². The molecule has 0 aliphatic carbocycles. The van der Waals surface area contributed by atoms with Crippen LogP contribution in [-0.2, 0) is 10.1 Å². The maximum Gasteiger partial charge on any atom is 0.264 e. The molecule has 23 heavy (non-hydrogen) atoms. The van der Waals surface area contributed by atoms with Gasteiger partial charge in [0, 0.05) is 0 Å². The van der Waals surface area contributed by atoms with Gasteiger partial charge in [-0.2, -0.15) is 8.42 Å². The number of unbranched alkanes of at least 4 members (excludes halogenated alkanes) is 11. The minimum absolute atomic E-state index is 0.165. The zero-order valence-electron chi connectivity index (χ0n) is 15.0. The zero-order valence-corrected chi connectivity index (χ0v) is 15.8. The van der Waals surface area contributed by atoms with E-state index in [0.717, 1.165) is 32.1 Å². The lowest BCUT2D eigenvalue weighted by Crippen LogP contribution is -2.07. The first-order chi connectivity index (χ1) is 11.0. The fourth-order valence-corrected chi connectivity index (χ4v) is 3.42. The lowest BCUT2D eigenvalue weighted by molar-refractivity contribution is 0.147. The predicted molar refractivity (Wildman–Crippen MR) is 97.4 cm³/mol. The second-order valence-electron chi connectivity index (χ2n) is 6.76. The molecule has 5 heteroatoms. The van der Waals surface area contributed by atoms with E-state index in [1.54, 1.807) is 0 Å². The molecule has 2 N–H and O–H groups in total. The first-order valence-electron chi connectivity index (χ1n) is 9.59. The third kappa shape index (κ3) is 19.8. The number of hydrogen-bond donors (Lipinski definition) is 2. The Hall–Kier alpha value is -0.130. The van der Waals surface area contributed by atoms with Crippen LogP contribution in [0.2, 0.25) is 0 Å². The van der Waals surface area contributed by atoms with Crippen LogP contribution in [0.4, 0.5) is 0 Å². The van der Waals surface area contributed by atoms with Crippen LogP contribution in [-0.4, -0.2) is 29.9 Å². The SMILES string of the molecule is CCCCCCCCCCCCC(O)CCCCCS(=O)(=O)O. The summed E-state index contributed by atoms with van der Waals surface area (Å²) in [4.78, 5) is 0. The van der Waals surface area contributed by atoms with E-state index < -0.39 is 10.1 Å². The Kier molecular flexibility index (Phi) is 15.3. The van der Waals surface area contributed by atoms with Gasteiger partial charge in [0.25, 0.3) is 10.1 Å². The van der Waals surface area contributed by atoms with Gasteiger partial charge in [-0.3, -0.25) is 4.55 Å². The van der Waals surface area contributed by atoms with Crippen LogP contribution in [0.15, 0.2) is 0 Å². The Balaban J connectivity index is 3.23. The molecule has 0 spiro atoms. The van der Waals surface area contributed by atoms with Gasteiger partial charge in [-0.05, 0) is 19.3 Å². The smallest absolute Gasteiger partial charge is 0.264 e. The van der Waals surface area contributed by atoms with E-state index in [2.05, 4.69) is 6.92 Å². The lowest BCUT2D eigenvalue weighted by Gasteiger charge is -2.10. The number of rotatable bonds is 17. The first kappa shape index (κ1) is 22.9. The van der Waals surface area contributed by atoms with Crippen LogP contribution in [0.1, 0.15) is 103 Å². The highest BCUT2D eigenvalue weighted by Crippen LogP contribution is 2.14. The van der Waals surface area contributed by atoms with Gasteiger partial charge in [-0.25, -0.2) is 0 Å². The third-order valence-corrected chi connectivity index (χ3v) is 5.14. The molecule has 1 atom stereocenters. The zero-order chi connectivity index (χ0) is 17.4. The maximum atomic E-state index is 10.5. The van der Waals surface area contributed by atoms with Gasteiger partial charge >= 0.3 is 0 Å². The molecule has 0 aromatic carbocycles. The van der Waals surface area contributed by atoms with E-state index in [9.17, 15) is 13.5 Å². The van der Waals surface area contributed by atoms with E-state index in [-0.39, 0.29) is 11.9 Å². The molecule has 0 saturated heterocycles. The molecule has 0 aliphatic heterocycles. The topological polar surface area (TPSA) is 74.6 Å². The second kappa shape index (κ2) is 15.4. The van der Waals surface area contributed by atoms with Gasteiger partial charge in [0.2, 0.25) is 0 Å². The molecule has 0 bridgehead atoms. The summed E-state index contributed by atoms with van der Waals surface area (Å²) in [6.07, 6.45) is 16.4. The number of hydrogen-bond acceptors (Lipinski definition) is 3. The van der Waals surface area contributed by atoms with Gasteiger partial charge < -0.3 is 5.11 Å². The van der Waals surface area contributed by atoms with Crippen molar-refractivity contribution >= 4 is 10.1 Å². The molecule has 1 unspecified atom stereocenters. The Morgan fingerprint density at radius 2 is 1.09 bits per heavy atom. The lowest BCUT2D eigenvalue weighted by atomic mass is 10.0. The van der Waals surface area contributed by atoms with Crippen LogP contribution in [0.25, 0.3) is 0 Å². The van der Waals surface area contributed by atoms with Crippen LogP contribution in [0.3, 0.4) is 0 Å². The summed E-state index contributed by atoms with van der Waals surface area (Å²) in [7, 11) is -3.82. The van der Waals surface area contributed by atoms with Crippen molar-refractivity contribution < 1.29 is 18.1 Å². The molecule has 0 radical (unpaired) electrons. The van der Waals surface area contributed by atoms with Gasteiger partial charge in [-0.1, -0.05) is 84.0 Å². The summed E-state index contributed by atoms with van der Waals surface area (Å²) >= 11 is 0. The molecule has 0 heterocycles. The molecule has 0 amide bonds. The van der Waals surface area contributed by atoms with Crippen LogP contribution >= 0.6 is 0 Å². The highest BCUT2D eigenvalue weighted by molar-refractivity contribution is 7.85.